The molecule has 0 aromatic rings. The number of aliphatic hydroxyl groups excluding tert-OH is 1. The first-order valence-electron chi connectivity index (χ1n) is 6.71. The summed E-state index contributed by atoms with van der Waals surface area (Å²) in [4.78, 5) is 4.46. The van der Waals surface area contributed by atoms with Gasteiger partial charge in [0.2, 0.25) is 0 Å². The Hall–Kier alpha value is -0.430. The van der Waals surface area contributed by atoms with Crippen LogP contribution in [0.25, 0.3) is 0 Å². The maximum absolute atomic E-state index is 8.88. The summed E-state index contributed by atoms with van der Waals surface area (Å²) in [5.41, 5.74) is 0. The summed E-state index contributed by atoms with van der Waals surface area (Å²) in [5.74, 6) is 0. The van der Waals surface area contributed by atoms with Crippen molar-refractivity contribution in [1.82, 2.24) is 15.1 Å². The molecular weight excluding hydrogens is 250 g/mol. The van der Waals surface area contributed by atoms with Crippen molar-refractivity contribution in [3.05, 3.63) is 0 Å². The largest absolute Gasteiger partial charge is 0.395 e. The molecule has 5 nitrogen and oxygen atoms in total. The van der Waals surface area contributed by atoms with Crippen molar-refractivity contribution < 1.29 is 9.84 Å². The number of hydrogen-bond acceptors (Lipinski definition) is 4. The van der Waals surface area contributed by atoms with Crippen molar-refractivity contribution in [2.24, 2.45) is 0 Å². The number of aliphatic hydroxyl groups is 1. The van der Waals surface area contributed by atoms with Crippen LogP contribution in [0.3, 0.4) is 0 Å². The van der Waals surface area contributed by atoms with Crippen LogP contribution >= 0.6 is 12.2 Å². The van der Waals surface area contributed by atoms with Gasteiger partial charge in [-0.1, -0.05) is 0 Å². The fourth-order valence-corrected chi connectivity index (χ4v) is 2.23. The minimum Gasteiger partial charge on any atom is -0.395 e. The molecule has 0 amide bonds. The molecule has 0 aliphatic carbocycles. The topological polar surface area (TPSA) is 48.0 Å². The molecule has 0 aromatic carbocycles. The van der Waals surface area contributed by atoms with E-state index in [2.05, 4.69) is 15.1 Å². The molecule has 0 saturated carbocycles. The number of piperazine rings is 1. The number of hydrogen-bond donors (Lipinski definition) is 2. The third kappa shape index (κ3) is 5.95. The molecular formula is C12H25N3O2S. The minimum atomic E-state index is 0.236. The number of rotatable bonds is 7. The van der Waals surface area contributed by atoms with Gasteiger partial charge in [-0.25, -0.2) is 0 Å². The Morgan fingerprint density at radius 1 is 1.33 bits per heavy atom. The smallest absolute Gasteiger partial charge is 0.169 e. The van der Waals surface area contributed by atoms with E-state index in [0.29, 0.717) is 0 Å². The van der Waals surface area contributed by atoms with E-state index in [1.165, 1.54) is 0 Å². The van der Waals surface area contributed by atoms with Crippen molar-refractivity contribution in [2.75, 3.05) is 59.1 Å². The second-order valence-corrected chi connectivity index (χ2v) is 4.72. The lowest BCUT2D eigenvalue weighted by Gasteiger charge is -2.35. The molecule has 1 aliphatic rings. The van der Waals surface area contributed by atoms with Crippen LogP contribution in [0.5, 0.6) is 0 Å². The van der Waals surface area contributed by atoms with Crippen LogP contribution in [0.15, 0.2) is 0 Å². The van der Waals surface area contributed by atoms with Gasteiger partial charge in [-0.2, -0.15) is 0 Å². The maximum atomic E-state index is 8.88. The van der Waals surface area contributed by atoms with Gasteiger partial charge in [0.1, 0.15) is 0 Å². The standard InChI is InChI=1S/C12H25N3O2S/c1-2-17-11-3-4-13-12(18)15-7-5-14(6-8-15)9-10-16/h16H,2-11H2,1H3,(H,13,18). The lowest BCUT2D eigenvalue weighted by Crippen LogP contribution is -2.52. The SMILES string of the molecule is CCOCCCNC(=S)N1CCN(CCO)CC1. The van der Waals surface area contributed by atoms with Gasteiger partial charge in [-0.05, 0) is 25.6 Å². The van der Waals surface area contributed by atoms with Gasteiger partial charge in [0.25, 0.3) is 0 Å². The Bertz CT molecular complexity index is 233. The molecule has 0 unspecified atom stereocenters. The normalized spacial score (nSPS) is 16.9. The molecule has 18 heavy (non-hydrogen) atoms. The Morgan fingerprint density at radius 2 is 2.06 bits per heavy atom. The van der Waals surface area contributed by atoms with E-state index < -0.39 is 0 Å². The number of thiocarbonyl (C=S) groups is 1. The Morgan fingerprint density at radius 3 is 2.67 bits per heavy atom. The van der Waals surface area contributed by atoms with Gasteiger partial charge in [0.15, 0.2) is 5.11 Å². The first-order chi connectivity index (χ1) is 8.77. The molecule has 0 spiro atoms. The third-order valence-corrected chi connectivity index (χ3v) is 3.42. The average molecular weight is 275 g/mol. The van der Waals surface area contributed by atoms with Crippen LogP contribution in [0.4, 0.5) is 0 Å². The zero-order valence-corrected chi connectivity index (χ0v) is 12.0. The van der Waals surface area contributed by atoms with Gasteiger partial charge in [-0.3, -0.25) is 4.90 Å². The van der Waals surface area contributed by atoms with Crippen LogP contribution in [-0.4, -0.2) is 79.1 Å². The quantitative estimate of drug-likeness (QED) is 0.500. The van der Waals surface area contributed by atoms with E-state index >= 15 is 0 Å². The van der Waals surface area contributed by atoms with Crippen LogP contribution in [0, 0.1) is 0 Å². The Labute approximate surface area is 115 Å². The van der Waals surface area contributed by atoms with E-state index in [9.17, 15) is 0 Å². The zero-order valence-electron chi connectivity index (χ0n) is 11.2. The predicted molar refractivity (Wildman–Crippen MR) is 76.8 cm³/mol. The summed E-state index contributed by atoms with van der Waals surface area (Å²) in [6.07, 6.45) is 0.985. The van der Waals surface area contributed by atoms with Crippen molar-refractivity contribution in [3.63, 3.8) is 0 Å². The molecule has 1 saturated heterocycles. The van der Waals surface area contributed by atoms with E-state index in [1.54, 1.807) is 0 Å². The molecule has 1 rings (SSSR count). The van der Waals surface area contributed by atoms with E-state index in [1.807, 2.05) is 6.92 Å². The van der Waals surface area contributed by atoms with Crippen LogP contribution in [0.1, 0.15) is 13.3 Å². The molecule has 6 heteroatoms. The summed E-state index contributed by atoms with van der Waals surface area (Å²) in [5, 5.41) is 13.0. The van der Waals surface area contributed by atoms with Crippen molar-refractivity contribution in [3.8, 4) is 0 Å². The molecule has 1 aliphatic heterocycles. The first kappa shape index (κ1) is 15.6. The highest BCUT2D eigenvalue weighted by Crippen LogP contribution is 2.01. The molecule has 1 fully saturated rings. The van der Waals surface area contributed by atoms with Crippen molar-refractivity contribution >= 4 is 17.3 Å². The first-order valence-corrected chi connectivity index (χ1v) is 7.12. The summed E-state index contributed by atoms with van der Waals surface area (Å²) in [7, 11) is 0. The number of ether oxygens (including phenoxy) is 1. The molecule has 1 heterocycles. The highest BCUT2D eigenvalue weighted by Gasteiger charge is 2.17. The van der Waals surface area contributed by atoms with Crippen LogP contribution in [0.2, 0.25) is 0 Å². The van der Waals surface area contributed by atoms with E-state index in [4.69, 9.17) is 22.1 Å². The zero-order chi connectivity index (χ0) is 13.2. The van der Waals surface area contributed by atoms with Crippen LogP contribution < -0.4 is 5.32 Å². The Kier molecular flexibility index (Phi) is 8.24. The summed E-state index contributed by atoms with van der Waals surface area (Å²) >= 11 is 5.36. The van der Waals surface area contributed by atoms with Gasteiger partial charge in [0, 0.05) is 52.5 Å². The lowest BCUT2D eigenvalue weighted by molar-refractivity contribution is 0.142. The molecule has 2 N–H and O–H groups in total. The van der Waals surface area contributed by atoms with E-state index in [0.717, 1.165) is 64.0 Å². The third-order valence-electron chi connectivity index (χ3n) is 3.02. The number of nitrogens with zero attached hydrogens (tertiary/aromatic N) is 2. The van der Waals surface area contributed by atoms with Crippen molar-refractivity contribution in [1.29, 1.82) is 0 Å². The molecule has 0 bridgehead atoms. The minimum absolute atomic E-state index is 0.236. The van der Waals surface area contributed by atoms with Gasteiger partial charge in [0.05, 0.1) is 6.61 Å². The second kappa shape index (κ2) is 9.49. The van der Waals surface area contributed by atoms with Gasteiger partial charge < -0.3 is 20.1 Å². The lowest BCUT2D eigenvalue weighted by atomic mass is 10.3. The fourth-order valence-electron chi connectivity index (χ4n) is 1.94. The Balaban J connectivity index is 2.08. The molecule has 106 valence electrons. The number of β-amino-alcohol motifs (C(OH)–C–C–N with tert-alkyl or cyclic N) is 1. The predicted octanol–water partition coefficient (Wildman–Crippen LogP) is -0.103. The van der Waals surface area contributed by atoms with Crippen LogP contribution in [-0.2, 0) is 4.74 Å². The van der Waals surface area contributed by atoms with E-state index in [-0.39, 0.29) is 6.61 Å². The fraction of sp³-hybridized carbons (Fsp3) is 0.917. The van der Waals surface area contributed by atoms with Gasteiger partial charge >= 0.3 is 0 Å². The number of nitrogens with one attached hydrogen (secondary N) is 1. The summed E-state index contributed by atoms with van der Waals surface area (Å²) in [6.45, 7) is 9.27. The highest BCUT2D eigenvalue weighted by molar-refractivity contribution is 7.80. The van der Waals surface area contributed by atoms with Crippen molar-refractivity contribution in [2.45, 2.75) is 13.3 Å². The molecule has 0 radical (unpaired) electrons. The summed E-state index contributed by atoms with van der Waals surface area (Å²) < 4.78 is 5.27. The molecule has 0 atom stereocenters. The summed E-state index contributed by atoms with van der Waals surface area (Å²) in [6, 6.07) is 0. The monoisotopic (exact) mass is 275 g/mol. The molecule has 0 aromatic heterocycles. The maximum Gasteiger partial charge on any atom is 0.169 e. The van der Waals surface area contributed by atoms with Gasteiger partial charge in [-0.15, -0.1) is 0 Å². The average Bonchev–Trinajstić information content (AvgIpc) is 2.39. The second-order valence-electron chi connectivity index (χ2n) is 4.33. The highest BCUT2D eigenvalue weighted by atomic mass is 32.1.